The van der Waals surface area contributed by atoms with Gasteiger partial charge in [0.15, 0.2) is 5.43 Å². The maximum Gasteiger partial charge on any atom is 0.267 e. The number of fused-ring (bicyclic) bond motifs is 3. The summed E-state index contributed by atoms with van der Waals surface area (Å²) in [6, 6.07) is 10.5. The molecule has 1 aliphatic heterocycles. The average molecular weight is 246 g/mol. The third kappa shape index (κ3) is 1.03. The number of hydrogen-bond acceptors (Lipinski definition) is 3. The second-order valence-electron chi connectivity index (χ2n) is 4.53. The number of amides is 1. The molecule has 4 heteroatoms. The molecule has 88 valence electrons. The van der Waals surface area contributed by atoms with Gasteiger partial charge in [0.25, 0.3) is 5.91 Å². The zero-order valence-corrected chi connectivity index (χ0v) is 9.65. The van der Waals surface area contributed by atoms with E-state index in [0.29, 0.717) is 16.3 Å². The van der Waals surface area contributed by atoms with Gasteiger partial charge in [-0.3, -0.25) is 9.59 Å². The van der Waals surface area contributed by atoms with Crippen molar-refractivity contribution in [1.82, 2.24) is 0 Å². The van der Waals surface area contributed by atoms with E-state index in [2.05, 4.69) is 5.32 Å². The Morgan fingerprint density at radius 2 is 1.79 bits per heavy atom. The predicted octanol–water partition coefficient (Wildman–Crippen LogP) is 0.708. The number of nitrogens with one attached hydrogen (secondary N) is 1. The van der Waals surface area contributed by atoms with E-state index in [4.69, 9.17) is 5.26 Å². The number of rotatable bonds is 0. The molecule has 0 atom stereocenters. The van der Waals surface area contributed by atoms with Crippen molar-refractivity contribution in [2.24, 2.45) is 0 Å². The molecule has 4 nitrogen and oxygen atoms in total. The first-order chi connectivity index (χ1) is 9.22. The minimum atomic E-state index is -0.374. The van der Waals surface area contributed by atoms with Gasteiger partial charge < -0.3 is 5.32 Å². The van der Waals surface area contributed by atoms with Gasteiger partial charge in [-0.2, -0.15) is 5.26 Å². The molecule has 0 fully saturated rings. The largest absolute Gasteiger partial charge is 0.320 e. The van der Waals surface area contributed by atoms with E-state index in [0.717, 1.165) is 15.8 Å². The van der Waals surface area contributed by atoms with Crippen LogP contribution in [0.15, 0.2) is 35.1 Å². The first-order valence-corrected chi connectivity index (χ1v) is 5.79. The first kappa shape index (κ1) is 10.0. The third-order valence-electron chi connectivity index (χ3n) is 3.62. The van der Waals surface area contributed by atoms with E-state index in [-0.39, 0.29) is 16.9 Å². The molecular formula is C15H6N2O2. The number of hydrogen-bond donors (Lipinski definition) is 1. The van der Waals surface area contributed by atoms with E-state index < -0.39 is 0 Å². The van der Waals surface area contributed by atoms with Crippen molar-refractivity contribution in [3.8, 4) is 6.07 Å². The topological polar surface area (TPSA) is 70.0 Å². The molecule has 2 aliphatic carbocycles. The highest BCUT2D eigenvalue weighted by Crippen LogP contribution is 2.25. The summed E-state index contributed by atoms with van der Waals surface area (Å²) in [5, 5.41) is 15.5. The second kappa shape index (κ2) is 3.09. The summed E-state index contributed by atoms with van der Waals surface area (Å²) in [5.41, 5.74) is 0.713. The van der Waals surface area contributed by atoms with E-state index in [1.54, 1.807) is 18.2 Å². The molecule has 1 N–H and O–H groups in total. The molecule has 3 aliphatic rings. The standard InChI is InChI=1S/C15H6N2O2/c16-6-10-13-8-4-5-11(18)7-2-1-3-9(12(7)8)14(13)17-15(10)19/h1-5H,(H,17,19). The zero-order valence-electron chi connectivity index (χ0n) is 9.65. The van der Waals surface area contributed by atoms with Crippen molar-refractivity contribution in [1.29, 1.82) is 5.26 Å². The van der Waals surface area contributed by atoms with Crippen LogP contribution in [0.25, 0.3) is 16.3 Å². The lowest BCUT2D eigenvalue weighted by atomic mass is 10.1. The summed E-state index contributed by atoms with van der Waals surface area (Å²) < 4.78 is 0. The highest BCUT2D eigenvalue weighted by atomic mass is 16.1. The number of carbonyl (C=O) groups excluding carboxylic acids is 1. The smallest absolute Gasteiger partial charge is 0.267 e. The van der Waals surface area contributed by atoms with Crippen molar-refractivity contribution >= 4 is 27.9 Å². The molecule has 19 heavy (non-hydrogen) atoms. The summed E-state index contributed by atoms with van der Waals surface area (Å²) in [6.45, 7) is 0. The first-order valence-electron chi connectivity index (χ1n) is 5.79. The molecule has 4 rings (SSSR count). The number of nitrogens with zero attached hydrogens (tertiary/aromatic N) is 1. The minimum Gasteiger partial charge on any atom is -0.320 e. The molecular weight excluding hydrogens is 240 g/mol. The maximum absolute atomic E-state index is 11.9. The lowest BCUT2D eigenvalue weighted by molar-refractivity contribution is -0.110. The monoisotopic (exact) mass is 246 g/mol. The number of nitriles is 1. The average Bonchev–Trinajstić information content (AvgIpc) is 2.89. The Hall–Kier alpha value is -2.93. The van der Waals surface area contributed by atoms with Crippen LogP contribution in [0.5, 0.6) is 0 Å². The Bertz CT molecular complexity index is 1080. The number of benzene rings is 1. The molecule has 0 unspecified atom stereocenters. The molecule has 0 radical (unpaired) electrons. The Labute approximate surface area is 106 Å². The van der Waals surface area contributed by atoms with Gasteiger partial charge in [-0.15, -0.1) is 0 Å². The highest BCUT2D eigenvalue weighted by molar-refractivity contribution is 6.30. The molecule has 0 saturated carbocycles. The van der Waals surface area contributed by atoms with E-state index in [9.17, 15) is 9.59 Å². The minimum absolute atomic E-state index is 0.0494. The Morgan fingerprint density at radius 1 is 1.00 bits per heavy atom. The quantitative estimate of drug-likeness (QED) is 0.635. The van der Waals surface area contributed by atoms with Gasteiger partial charge in [-0.05, 0) is 17.4 Å². The molecule has 0 spiro atoms. The lowest BCUT2D eigenvalue weighted by Gasteiger charge is -1.98. The zero-order chi connectivity index (χ0) is 13.1. The fourth-order valence-electron chi connectivity index (χ4n) is 2.85. The van der Waals surface area contributed by atoms with Crippen LogP contribution >= 0.6 is 0 Å². The van der Waals surface area contributed by atoms with Crippen LogP contribution in [-0.4, -0.2) is 5.91 Å². The Kier molecular flexibility index (Phi) is 1.63. The van der Waals surface area contributed by atoms with Crippen molar-refractivity contribution in [3.05, 3.63) is 56.2 Å². The summed E-state index contributed by atoms with van der Waals surface area (Å²) in [7, 11) is 0. The summed E-state index contributed by atoms with van der Waals surface area (Å²) >= 11 is 0. The van der Waals surface area contributed by atoms with Gasteiger partial charge in [0.05, 0.1) is 5.69 Å². The summed E-state index contributed by atoms with van der Waals surface area (Å²) in [6.07, 6.45) is 0. The fourth-order valence-corrected chi connectivity index (χ4v) is 2.85. The molecule has 1 amide bonds. The van der Waals surface area contributed by atoms with Crippen LogP contribution in [-0.2, 0) is 4.79 Å². The number of anilines is 1. The Morgan fingerprint density at radius 3 is 2.58 bits per heavy atom. The molecule has 0 aromatic heterocycles. The SMILES string of the molecule is N#CC1=c2c(c3cccc4c(=O)ccc2=c34)NC1=O. The van der Waals surface area contributed by atoms with E-state index in [1.807, 2.05) is 12.1 Å². The predicted molar refractivity (Wildman–Crippen MR) is 69.6 cm³/mol. The van der Waals surface area contributed by atoms with Crippen LogP contribution in [0.3, 0.4) is 0 Å². The van der Waals surface area contributed by atoms with Gasteiger partial charge in [0.1, 0.15) is 11.6 Å². The van der Waals surface area contributed by atoms with Crippen molar-refractivity contribution in [2.45, 2.75) is 0 Å². The molecule has 0 bridgehead atoms. The summed E-state index contributed by atoms with van der Waals surface area (Å²) in [4.78, 5) is 23.6. The number of carbonyl (C=O) groups is 1. The van der Waals surface area contributed by atoms with Crippen molar-refractivity contribution in [3.63, 3.8) is 0 Å². The van der Waals surface area contributed by atoms with Crippen LogP contribution in [0, 0.1) is 21.8 Å². The van der Waals surface area contributed by atoms with Crippen LogP contribution in [0.1, 0.15) is 0 Å². The lowest BCUT2D eigenvalue weighted by Crippen LogP contribution is -2.08. The molecule has 1 heterocycles. The van der Waals surface area contributed by atoms with Gasteiger partial charge >= 0.3 is 0 Å². The van der Waals surface area contributed by atoms with E-state index in [1.165, 1.54) is 6.07 Å². The highest BCUT2D eigenvalue weighted by Gasteiger charge is 2.25. The third-order valence-corrected chi connectivity index (χ3v) is 3.62. The van der Waals surface area contributed by atoms with Crippen LogP contribution in [0.2, 0.25) is 0 Å². The second-order valence-corrected chi connectivity index (χ2v) is 4.53. The molecule has 0 saturated heterocycles. The van der Waals surface area contributed by atoms with E-state index >= 15 is 0 Å². The van der Waals surface area contributed by atoms with Gasteiger partial charge in [0.2, 0.25) is 0 Å². The summed E-state index contributed by atoms with van der Waals surface area (Å²) in [5.74, 6) is -0.374. The molecule has 1 aromatic carbocycles. The van der Waals surface area contributed by atoms with Gasteiger partial charge in [0, 0.05) is 21.2 Å². The Balaban J connectivity index is 2.52. The molecule has 1 aromatic rings. The van der Waals surface area contributed by atoms with Crippen molar-refractivity contribution in [2.75, 3.05) is 5.32 Å². The van der Waals surface area contributed by atoms with Crippen LogP contribution < -0.4 is 16.0 Å². The maximum atomic E-state index is 11.9. The van der Waals surface area contributed by atoms with Gasteiger partial charge in [-0.1, -0.05) is 18.2 Å². The van der Waals surface area contributed by atoms with Crippen LogP contribution in [0.4, 0.5) is 5.69 Å². The fraction of sp³-hybridized carbons (Fsp3) is 0. The normalized spacial score (nSPS) is 13.8. The van der Waals surface area contributed by atoms with Crippen molar-refractivity contribution < 1.29 is 4.79 Å². The van der Waals surface area contributed by atoms with Gasteiger partial charge in [-0.25, -0.2) is 0 Å².